The number of furan rings is 1. The highest BCUT2D eigenvalue weighted by atomic mass is 16.3. The first-order chi connectivity index (χ1) is 34.2. The first kappa shape index (κ1) is 40.1. The number of hydrogen-bond donors (Lipinski definition) is 0. The Hall–Kier alpha value is -9.18. The molecule has 0 N–H and O–H groups in total. The summed E-state index contributed by atoms with van der Waals surface area (Å²) in [6.07, 6.45) is 0. The van der Waals surface area contributed by atoms with Crippen molar-refractivity contribution < 1.29 is 4.42 Å². The van der Waals surface area contributed by atoms with Crippen LogP contribution in [0.4, 0.5) is 17.1 Å². The molecule has 13 aromatic rings. The van der Waals surface area contributed by atoms with E-state index in [-0.39, 0.29) is 0 Å². The molecule has 0 radical (unpaired) electrons. The third-order valence-corrected chi connectivity index (χ3v) is 13.6. The number of fused-ring (bicyclic) bond motifs is 6. The SMILES string of the molecule is c1ccc(-c2cccc(-c3ccc(N(c4ccc(-c5ccccc5-c5cccc6c5oc5ccccc56)cc4)c4cccc(-c5ccccc5-n5c6ccccc6c6ccccc65)c4)cc3)c2)cc1. The highest BCUT2D eigenvalue weighted by Gasteiger charge is 2.20. The molecule has 2 heterocycles. The lowest BCUT2D eigenvalue weighted by Crippen LogP contribution is -2.10. The van der Waals surface area contributed by atoms with Crippen LogP contribution in [0.25, 0.3) is 105 Å². The van der Waals surface area contributed by atoms with Crippen molar-refractivity contribution in [1.29, 1.82) is 0 Å². The van der Waals surface area contributed by atoms with Crippen LogP contribution in [0.5, 0.6) is 0 Å². The molecule has 69 heavy (non-hydrogen) atoms. The molecule has 0 saturated carbocycles. The Morgan fingerprint density at radius 2 is 0.768 bits per heavy atom. The van der Waals surface area contributed by atoms with Crippen molar-refractivity contribution in [1.82, 2.24) is 4.57 Å². The average Bonchev–Trinajstić information content (AvgIpc) is 3.98. The van der Waals surface area contributed by atoms with E-state index < -0.39 is 0 Å². The van der Waals surface area contributed by atoms with E-state index in [9.17, 15) is 0 Å². The zero-order chi connectivity index (χ0) is 45.7. The Kier molecular flexibility index (Phi) is 9.84. The van der Waals surface area contributed by atoms with Crippen molar-refractivity contribution in [2.45, 2.75) is 0 Å². The topological polar surface area (TPSA) is 21.3 Å². The summed E-state index contributed by atoms with van der Waals surface area (Å²) in [6, 6.07) is 96.0. The molecule has 0 aliphatic carbocycles. The summed E-state index contributed by atoms with van der Waals surface area (Å²) in [4.78, 5) is 2.38. The lowest BCUT2D eigenvalue weighted by molar-refractivity contribution is 0.670. The molecule has 0 saturated heterocycles. The van der Waals surface area contributed by atoms with Crippen LogP contribution in [-0.2, 0) is 0 Å². The summed E-state index contributed by atoms with van der Waals surface area (Å²) >= 11 is 0. The number of para-hydroxylation sites is 5. The van der Waals surface area contributed by atoms with Crippen molar-refractivity contribution in [3.8, 4) is 61.3 Å². The summed E-state index contributed by atoms with van der Waals surface area (Å²) in [5.74, 6) is 0. The zero-order valence-corrected chi connectivity index (χ0v) is 37.7. The van der Waals surface area contributed by atoms with E-state index >= 15 is 0 Å². The van der Waals surface area contributed by atoms with Gasteiger partial charge in [0.05, 0.1) is 16.7 Å². The lowest BCUT2D eigenvalue weighted by atomic mass is 9.93. The third-order valence-electron chi connectivity index (χ3n) is 13.6. The maximum absolute atomic E-state index is 6.54. The van der Waals surface area contributed by atoms with Gasteiger partial charge in [-0.05, 0) is 111 Å². The van der Waals surface area contributed by atoms with Crippen molar-refractivity contribution in [2.24, 2.45) is 0 Å². The smallest absolute Gasteiger partial charge is 0.143 e. The number of rotatable bonds is 9. The van der Waals surface area contributed by atoms with Crippen LogP contribution < -0.4 is 4.90 Å². The number of nitrogens with zero attached hydrogens (tertiary/aromatic N) is 2. The molecule has 11 aromatic carbocycles. The van der Waals surface area contributed by atoms with E-state index in [2.05, 4.69) is 264 Å². The van der Waals surface area contributed by atoms with Crippen LogP contribution in [-0.4, -0.2) is 4.57 Å². The van der Waals surface area contributed by atoms with E-state index in [0.29, 0.717) is 0 Å². The normalized spacial score (nSPS) is 11.5. The molecule has 0 aliphatic rings. The quantitative estimate of drug-likeness (QED) is 0.144. The van der Waals surface area contributed by atoms with Crippen LogP contribution in [0, 0.1) is 0 Å². The largest absolute Gasteiger partial charge is 0.455 e. The highest BCUT2D eigenvalue weighted by Crippen LogP contribution is 2.43. The fraction of sp³-hybridized carbons (Fsp3) is 0. The maximum atomic E-state index is 6.54. The van der Waals surface area contributed by atoms with E-state index in [1.807, 2.05) is 12.1 Å². The molecular formula is C66H44N2O. The molecule has 0 fully saturated rings. The molecule has 0 atom stereocenters. The molecule has 3 nitrogen and oxygen atoms in total. The van der Waals surface area contributed by atoms with Crippen molar-refractivity contribution in [3.63, 3.8) is 0 Å². The van der Waals surface area contributed by atoms with Crippen LogP contribution in [0.2, 0.25) is 0 Å². The molecule has 3 heteroatoms. The summed E-state index contributed by atoms with van der Waals surface area (Å²) < 4.78 is 8.96. The highest BCUT2D eigenvalue weighted by molar-refractivity contribution is 6.11. The van der Waals surface area contributed by atoms with Crippen LogP contribution in [0.3, 0.4) is 0 Å². The van der Waals surface area contributed by atoms with Crippen molar-refractivity contribution in [3.05, 3.63) is 267 Å². The minimum absolute atomic E-state index is 0.898. The van der Waals surface area contributed by atoms with E-state index in [0.717, 1.165) is 83.6 Å². The van der Waals surface area contributed by atoms with Gasteiger partial charge >= 0.3 is 0 Å². The Bertz CT molecular complexity index is 3960. The van der Waals surface area contributed by atoms with Crippen molar-refractivity contribution >= 4 is 60.8 Å². The number of anilines is 3. The minimum Gasteiger partial charge on any atom is -0.455 e. The van der Waals surface area contributed by atoms with Gasteiger partial charge in [-0.3, -0.25) is 0 Å². The van der Waals surface area contributed by atoms with E-state index in [1.165, 1.54) is 38.5 Å². The molecule has 13 rings (SSSR count). The first-order valence-corrected chi connectivity index (χ1v) is 23.6. The molecule has 0 amide bonds. The molecule has 2 aromatic heterocycles. The van der Waals surface area contributed by atoms with Crippen LogP contribution in [0.15, 0.2) is 271 Å². The van der Waals surface area contributed by atoms with Gasteiger partial charge in [0.15, 0.2) is 0 Å². The molecule has 0 bridgehead atoms. The van der Waals surface area contributed by atoms with Gasteiger partial charge in [0.2, 0.25) is 0 Å². The molecule has 324 valence electrons. The lowest BCUT2D eigenvalue weighted by Gasteiger charge is -2.27. The van der Waals surface area contributed by atoms with Crippen LogP contribution in [0.1, 0.15) is 0 Å². The predicted molar refractivity (Wildman–Crippen MR) is 290 cm³/mol. The number of aromatic nitrogens is 1. The van der Waals surface area contributed by atoms with Gasteiger partial charge in [-0.2, -0.15) is 0 Å². The summed E-state index contributed by atoms with van der Waals surface area (Å²) in [5, 5.41) is 4.74. The Balaban J connectivity index is 0.925. The maximum Gasteiger partial charge on any atom is 0.143 e. The van der Waals surface area contributed by atoms with E-state index in [1.54, 1.807) is 0 Å². The first-order valence-electron chi connectivity index (χ1n) is 23.6. The molecule has 0 unspecified atom stereocenters. The Labute approximate surface area is 401 Å². The second-order valence-corrected chi connectivity index (χ2v) is 17.6. The molecule has 0 spiro atoms. The summed E-state index contributed by atoms with van der Waals surface area (Å²) in [6.45, 7) is 0. The van der Waals surface area contributed by atoms with Crippen LogP contribution >= 0.6 is 0 Å². The number of benzene rings is 11. The van der Waals surface area contributed by atoms with Gasteiger partial charge in [0, 0.05) is 49.7 Å². The standard InChI is InChI=1S/C66H44N2O/c1-2-17-45(18-3-1)48-19-14-20-49(43-48)46-35-39-51(40-36-46)67(52-41-37-47(38-42-52)54-23-4-5-25-56(54)60-29-16-30-61-59-28-9-13-34-65(59)69-66(60)61)53-22-15-21-50(44-53)55-24-6-10-31-62(55)68-63-32-11-7-26-57(63)58-27-8-12-33-64(58)68/h1-44H. The fourth-order valence-electron chi connectivity index (χ4n) is 10.4. The summed E-state index contributed by atoms with van der Waals surface area (Å²) in [5.41, 5.74) is 20.0. The Morgan fingerprint density at radius 1 is 0.275 bits per heavy atom. The van der Waals surface area contributed by atoms with E-state index in [4.69, 9.17) is 4.42 Å². The van der Waals surface area contributed by atoms with Gasteiger partial charge in [-0.25, -0.2) is 0 Å². The number of hydrogen-bond acceptors (Lipinski definition) is 2. The van der Waals surface area contributed by atoms with Gasteiger partial charge in [-0.1, -0.05) is 200 Å². The Morgan fingerprint density at radius 3 is 1.49 bits per heavy atom. The zero-order valence-electron chi connectivity index (χ0n) is 37.7. The monoisotopic (exact) mass is 880 g/mol. The van der Waals surface area contributed by atoms with Gasteiger partial charge in [0.25, 0.3) is 0 Å². The van der Waals surface area contributed by atoms with Gasteiger partial charge < -0.3 is 13.9 Å². The molecular weight excluding hydrogens is 837 g/mol. The molecule has 0 aliphatic heterocycles. The predicted octanol–water partition coefficient (Wildman–Crippen LogP) is 18.5. The fourth-order valence-corrected chi connectivity index (χ4v) is 10.4. The van der Waals surface area contributed by atoms with Crippen molar-refractivity contribution in [2.75, 3.05) is 4.90 Å². The second-order valence-electron chi connectivity index (χ2n) is 17.6. The average molecular weight is 881 g/mol. The van der Waals surface area contributed by atoms with Gasteiger partial charge in [-0.15, -0.1) is 0 Å². The summed E-state index contributed by atoms with van der Waals surface area (Å²) in [7, 11) is 0. The third kappa shape index (κ3) is 7.08. The second kappa shape index (κ2) is 16.9. The van der Waals surface area contributed by atoms with Gasteiger partial charge in [0.1, 0.15) is 11.2 Å². The minimum atomic E-state index is 0.898.